The summed E-state index contributed by atoms with van der Waals surface area (Å²) >= 11 is 0. The minimum absolute atomic E-state index is 0.156. The fourth-order valence-electron chi connectivity index (χ4n) is 1.33. The second kappa shape index (κ2) is 4.65. The van der Waals surface area contributed by atoms with Gasteiger partial charge in [-0.2, -0.15) is 17.9 Å². The minimum atomic E-state index is -4.88. The molecule has 11 heteroatoms. The van der Waals surface area contributed by atoms with Gasteiger partial charge in [-0.25, -0.2) is 0 Å². The van der Waals surface area contributed by atoms with E-state index >= 15 is 0 Å². The van der Waals surface area contributed by atoms with Gasteiger partial charge < -0.3 is 4.74 Å². The molecule has 2 aromatic rings. The molecule has 5 nitrogen and oxygen atoms in total. The van der Waals surface area contributed by atoms with E-state index in [9.17, 15) is 26.3 Å². The van der Waals surface area contributed by atoms with Crippen molar-refractivity contribution in [1.82, 2.24) is 20.2 Å². The molecule has 0 saturated heterocycles. The molecule has 1 aromatic heterocycles. The van der Waals surface area contributed by atoms with Crippen molar-refractivity contribution >= 4 is 0 Å². The van der Waals surface area contributed by atoms with Gasteiger partial charge >= 0.3 is 12.5 Å². The molecule has 0 aliphatic rings. The fourth-order valence-corrected chi connectivity index (χ4v) is 1.33. The molecule has 0 radical (unpaired) electrons. The third kappa shape index (κ3) is 3.16. The number of ether oxygens (including phenoxy) is 1. The van der Waals surface area contributed by atoms with Gasteiger partial charge in [-0.1, -0.05) is 0 Å². The second-order valence-electron chi connectivity index (χ2n) is 3.45. The zero-order chi connectivity index (χ0) is 15.0. The summed E-state index contributed by atoms with van der Waals surface area (Å²) in [5.74, 6) is -1.95. The van der Waals surface area contributed by atoms with Crippen LogP contribution in [0.25, 0.3) is 5.69 Å². The summed E-state index contributed by atoms with van der Waals surface area (Å²) in [5, 5.41) is 8.82. The van der Waals surface area contributed by atoms with E-state index in [1.807, 2.05) is 0 Å². The zero-order valence-corrected chi connectivity index (χ0v) is 9.27. The van der Waals surface area contributed by atoms with Crippen LogP contribution in [0.2, 0.25) is 0 Å². The van der Waals surface area contributed by atoms with Crippen LogP contribution in [0.1, 0.15) is 5.82 Å². The number of alkyl halides is 6. The van der Waals surface area contributed by atoms with Crippen LogP contribution in [-0.2, 0) is 6.18 Å². The van der Waals surface area contributed by atoms with Crippen molar-refractivity contribution in [1.29, 1.82) is 0 Å². The Balaban J connectivity index is 2.30. The van der Waals surface area contributed by atoms with Crippen molar-refractivity contribution < 1.29 is 31.1 Å². The average Bonchev–Trinajstić information content (AvgIpc) is 2.76. The number of tetrazole rings is 1. The van der Waals surface area contributed by atoms with Gasteiger partial charge in [-0.05, 0) is 34.7 Å². The van der Waals surface area contributed by atoms with Crippen LogP contribution in [0, 0.1) is 0 Å². The summed E-state index contributed by atoms with van der Waals surface area (Å²) in [7, 11) is 0. The van der Waals surface area contributed by atoms with E-state index in [-0.39, 0.29) is 5.69 Å². The Hall–Kier alpha value is -2.33. The Labute approximate surface area is 106 Å². The lowest BCUT2D eigenvalue weighted by atomic mass is 10.3. The van der Waals surface area contributed by atoms with Gasteiger partial charge in [0.1, 0.15) is 5.75 Å². The SMILES string of the molecule is FC(F)(F)Oc1ccc(-n2nnnc2C(F)(F)F)cc1. The largest absolute Gasteiger partial charge is 0.573 e. The molecule has 108 valence electrons. The highest BCUT2D eigenvalue weighted by Crippen LogP contribution is 2.29. The first-order chi connectivity index (χ1) is 9.17. The second-order valence-corrected chi connectivity index (χ2v) is 3.45. The predicted molar refractivity (Wildman–Crippen MR) is 50.8 cm³/mol. The number of hydrogen-bond acceptors (Lipinski definition) is 4. The summed E-state index contributed by atoms with van der Waals surface area (Å²) in [6, 6.07) is 3.63. The number of aromatic nitrogens is 4. The van der Waals surface area contributed by atoms with Crippen LogP contribution in [-0.4, -0.2) is 26.6 Å². The standard InChI is InChI=1S/C9H4F6N4O/c10-8(11,12)7-16-17-18-19(7)5-1-3-6(4-2-5)20-9(13,14)15/h1-4H. The molecule has 0 bridgehead atoms. The van der Waals surface area contributed by atoms with E-state index in [1.54, 1.807) is 0 Å². The van der Waals surface area contributed by atoms with Crippen LogP contribution in [0.15, 0.2) is 24.3 Å². The van der Waals surface area contributed by atoms with Gasteiger partial charge in [0.05, 0.1) is 5.69 Å². The summed E-state index contributed by atoms with van der Waals surface area (Å²) in [6.45, 7) is 0. The normalized spacial score (nSPS) is 12.5. The average molecular weight is 298 g/mol. The maximum absolute atomic E-state index is 12.5. The minimum Gasteiger partial charge on any atom is -0.406 e. The fraction of sp³-hybridized carbons (Fsp3) is 0.222. The molecule has 2 rings (SSSR count). The molecule has 1 aromatic carbocycles. The maximum atomic E-state index is 12.5. The van der Waals surface area contributed by atoms with Crippen molar-refractivity contribution in [2.24, 2.45) is 0 Å². The first kappa shape index (κ1) is 14.1. The van der Waals surface area contributed by atoms with Crippen molar-refractivity contribution in [3.63, 3.8) is 0 Å². The van der Waals surface area contributed by atoms with Gasteiger partial charge in [0.25, 0.3) is 5.82 Å². The molecule has 0 spiro atoms. The highest BCUT2D eigenvalue weighted by atomic mass is 19.4. The third-order valence-corrected chi connectivity index (χ3v) is 2.04. The summed E-state index contributed by atoms with van der Waals surface area (Å²) in [5.41, 5.74) is -0.156. The zero-order valence-electron chi connectivity index (χ0n) is 9.27. The topological polar surface area (TPSA) is 52.8 Å². The van der Waals surface area contributed by atoms with Gasteiger partial charge in [-0.15, -0.1) is 18.3 Å². The van der Waals surface area contributed by atoms with Crippen molar-refractivity contribution in [3.8, 4) is 11.4 Å². The van der Waals surface area contributed by atoms with E-state index in [0.717, 1.165) is 24.3 Å². The van der Waals surface area contributed by atoms with E-state index in [0.29, 0.717) is 4.68 Å². The van der Waals surface area contributed by atoms with E-state index < -0.39 is 24.1 Å². The molecule has 0 N–H and O–H groups in total. The summed E-state index contributed by atoms with van der Waals surface area (Å²) in [4.78, 5) is 0. The molecule has 0 aliphatic heterocycles. The predicted octanol–water partition coefficient (Wildman–Crippen LogP) is 2.58. The Kier molecular flexibility index (Phi) is 3.28. The molecule has 0 saturated carbocycles. The summed E-state index contributed by atoms with van der Waals surface area (Å²) < 4.78 is 77.3. The molecule has 20 heavy (non-hydrogen) atoms. The van der Waals surface area contributed by atoms with Crippen LogP contribution in [0.3, 0.4) is 0 Å². The van der Waals surface area contributed by atoms with Crippen LogP contribution < -0.4 is 4.74 Å². The van der Waals surface area contributed by atoms with Crippen LogP contribution in [0.4, 0.5) is 26.3 Å². The quantitative estimate of drug-likeness (QED) is 0.800. The van der Waals surface area contributed by atoms with E-state index in [4.69, 9.17) is 0 Å². The highest BCUT2D eigenvalue weighted by molar-refractivity contribution is 5.37. The number of halogens is 6. The lowest BCUT2D eigenvalue weighted by Gasteiger charge is -2.10. The van der Waals surface area contributed by atoms with E-state index in [2.05, 4.69) is 20.3 Å². The highest BCUT2D eigenvalue weighted by Gasteiger charge is 2.38. The Bertz CT molecular complexity index is 588. The molecular formula is C9H4F6N4O. The Morgan fingerprint density at radius 2 is 1.55 bits per heavy atom. The first-order valence-corrected chi connectivity index (χ1v) is 4.88. The lowest BCUT2D eigenvalue weighted by molar-refractivity contribution is -0.274. The number of benzene rings is 1. The van der Waals surface area contributed by atoms with Gasteiger partial charge in [0, 0.05) is 0 Å². The molecule has 0 atom stereocenters. The number of rotatable bonds is 2. The Morgan fingerprint density at radius 3 is 2.05 bits per heavy atom. The summed E-state index contributed by atoms with van der Waals surface area (Å²) in [6.07, 6.45) is -9.67. The van der Waals surface area contributed by atoms with Crippen molar-refractivity contribution in [3.05, 3.63) is 30.1 Å². The van der Waals surface area contributed by atoms with Crippen molar-refractivity contribution in [2.75, 3.05) is 0 Å². The maximum Gasteiger partial charge on any atom is 0.573 e. The Morgan fingerprint density at radius 1 is 0.950 bits per heavy atom. The lowest BCUT2D eigenvalue weighted by Crippen LogP contribution is -2.17. The molecule has 0 amide bonds. The smallest absolute Gasteiger partial charge is 0.406 e. The molecule has 0 unspecified atom stereocenters. The van der Waals surface area contributed by atoms with Gasteiger partial charge in [-0.3, -0.25) is 0 Å². The molecule has 1 heterocycles. The van der Waals surface area contributed by atoms with E-state index in [1.165, 1.54) is 0 Å². The molecular weight excluding hydrogens is 294 g/mol. The van der Waals surface area contributed by atoms with Crippen molar-refractivity contribution in [2.45, 2.75) is 12.5 Å². The van der Waals surface area contributed by atoms with Gasteiger partial charge in [0.15, 0.2) is 0 Å². The number of nitrogens with zero attached hydrogens (tertiary/aromatic N) is 4. The van der Waals surface area contributed by atoms with Gasteiger partial charge in [0.2, 0.25) is 0 Å². The third-order valence-electron chi connectivity index (χ3n) is 2.04. The van der Waals surface area contributed by atoms with Crippen LogP contribution in [0.5, 0.6) is 5.75 Å². The molecule has 0 aliphatic carbocycles. The molecule has 0 fully saturated rings. The van der Waals surface area contributed by atoms with Crippen LogP contribution >= 0.6 is 0 Å². The monoisotopic (exact) mass is 298 g/mol. The number of hydrogen-bond donors (Lipinski definition) is 0. The first-order valence-electron chi connectivity index (χ1n) is 4.88.